The molecule has 0 aliphatic carbocycles. The lowest BCUT2D eigenvalue weighted by molar-refractivity contribution is 0.487. The number of hydrogen-bond donors (Lipinski definition) is 0. The Labute approximate surface area is 319 Å². The number of para-hydroxylation sites is 2. The summed E-state index contributed by atoms with van der Waals surface area (Å²) in [6, 6.07) is 73.8. The molecule has 1 aliphatic heterocycles. The fraction of sp³-hybridized carbons (Fsp3) is 0. The molecule has 0 aromatic heterocycles. The van der Waals surface area contributed by atoms with E-state index < -0.39 is 0 Å². The standard InChI is InChI=1S/C52H34N2O/c1-3-17-38(18-4-1)53(40-27-26-35-14-7-8-15-36(35)32-40)48-31-30-46-45-29-28-41(34-51(45)55-50-25-13-24-47(48)52(46)50)54(39-19-5-2-6-20-39)49-33-37-16-9-10-21-42(37)43-22-11-12-23-44(43)49/h1-34H. The van der Waals surface area contributed by atoms with E-state index in [1.165, 1.54) is 32.3 Å². The Bertz CT molecular complexity index is 3080. The Morgan fingerprint density at radius 2 is 0.873 bits per heavy atom. The third-order valence-electron chi connectivity index (χ3n) is 11.0. The van der Waals surface area contributed by atoms with Crippen molar-refractivity contribution in [2.75, 3.05) is 9.80 Å². The Hall–Kier alpha value is -7.36. The van der Waals surface area contributed by atoms with Gasteiger partial charge in [-0.1, -0.05) is 133 Å². The molecule has 55 heavy (non-hydrogen) atoms. The highest BCUT2D eigenvalue weighted by Crippen LogP contribution is 2.52. The first-order valence-electron chi connectivity index (χ1n) is 18.8. The highest BCUT2D eigenvalue weighted by Gasteiger charge is 2.26. The van der Waals surface area contributed by atoms with Crippen LogP contribution in [0.3, 0.4) is 0 Å². The molecule has 10 aromatic carbocycles. The molecule has 0 amide bonds. The lowest BCUT2D eigenvalue weighted by Crippen LogP contribution is -2.12. The summed E-state index contributed by atoms with van der Waals surface area (Å²) in [5.74, 6) is 1.69. The van der Waals surface area contributed by atoms with E-state index in [1.54, 1.807) is 0 Å². The van der Waals surface area contributed by atoms with Crippen LogP contribution in [0.15, 0.2) is 206 Å². The van der Waals surface area contributed by atoms with Gasteiger partial charge >= 0.3 is 0 Å². The predicted molar refractivity (Wildman–Crippen MR) is 231 cm³/mol. The third-order valence-corrected chi connectivity index (χ3v) is 11.0. The van der Waals surface area contributed by atoms with Gasteiger partial charge in [0.25, 0.3) is 0 Å². The fourth-order valence-corrected chi connectivity index (χ4v) is 8.48. The first-order valence-corrected chi connectivity index (χ1v) is 18.8. The maximum absolute atomic E-state index is 6.93. The van der Waals surface area contributed by atoms with Crippen LogP contribution >= 0.6 is 0 Å². The van der Waals surface area contributed by atoms with Crippen LogP contribution in [0, 0.1) is 0 Å². The van der Waals surface area contributed by atoms with Crippen LogP contribution in [-0.2, 0) is 0 Å². The summed E-state index contributed by atoms with van der Waals surface area (Å²) in [5.41, 5.74) is 8.78. The van der Waals surface area contributed by atoms with Crippen molar-refractivity contribution in [1.82, 2.24) is 0 Å². The Balaban J connectivity index is 1.08. The highest BCUT2D eigenvalue weighted by molar-refractivity contribution is 6.15. The minimum atomic E-state index is 0.839. The number of ether oxygens (including phenoxy) is 1. The van der Waals surface area contributed by atoms with Gasteiger partial charge in [0.15, 0.2) is 0 Å². The van der Waals surface area contributed by atoms with E-state index in [0.29, 0.717) is 0 Å². The zero-order valence-corrected chi connectivity index (χ0v) is 29.9. The van der Waals surface area contributed by atoms with Crippen LogP contribution in [0.25, 0.3) is 54.2 Å². The van der Waals surface area contributed by atoms with Crippen molar-refractivity contribution < 1.29 is 4.74 Å². The monoisotopic (exact) mass is 702 g/mol. The number of benzene rings is 10. The second-order valence-corrected chi connectivity index (χ2v) is 14.1. The summed E-state index contributed by atoms with van der Waals surface area (Å²) in [6.07, 6.45) is 0. The van der Waals surface area contributed by atoms with Crippen molar-refractivity contribution in [2.24, 2.45) is 0 Å². The Morgan fingerprint density at radius 1 is 0.291 bits per heavy atom. The summed E-state index contributed by atoms with van der Waals surface area (Å²) in [5, 5.41) is 9.56. The molecule has 3 nitrogen and oxygen atoms in total. The van der Waals surface area contributed by atoms with Crippen molar-refractivity contribution >= 4 is 77.2 Å². The molecule has 11 rings (SSSR count). The molecule has 3 heteroatoms. The van der Waals surface area contributed by atoms with E-state index in [0.717, 1.165) is 67.5 Å². The second kappa shape index (κ2) is 12.6. The fourth-order valence-electron chi connectivity index (χ4n) is 8.48. The van der Waals surface area contributed by atoms with E-state index in [-0.39, 0.29) is 0 Å². The van der Waals surface area contributed by atoms with E-state index in [4.69, 9.17) is 4.74 Å². The van der Waals surface area contributed by atoms with Gasteiger partial charge in [0.05, 0.1) is 11.4 Å². The lowest BCUT2D eigenvalue weighted by atomic mass is 9.92. The quantitative estimate of drug-likeness (QED) is 0.160. The van der Waals surface area contributed by atoms with Crippen molar-refractivity contribution in [3.05, 3.63) is 206 Å². The third kappa shape index (κ3) is 5.13. The molecular formula is C52H34N2O. The Morgan fingerprint density at radius 3 is 1.65 bits per heavy atom. The van der Waals surface area contributed by atoms with E-state index in [9.17, 15) is 0 Å². The molecule has 258 valence electrons. The minimum absolute atomic E-state index is 0.839. The van der Waals surface area contributed by atoms with Crippen LogP contribution < -0.4 is 14.5 Å². The van der Waals surface area contributed by atoms with E-state index in [2.05, 4.69) is 216 Å². The summed E-state index contributed by atoms with van der Waals surface area (Å²) < 4.78 is 6.93. The maximum atomic E-state index is 6.93. The largest absolute Gasteiger partial charge is 0.456 e. The SMILES string of the molecule is c1ccc(N(c2ccc3ccccc3c2)c2ccc3c4c(cccc24)Oc2cc(N(c4ccccc4)c4cc5ccccc5c5ccccc45)ccc2-3)cc1. The molecule has 0 saturated carbocycles. The van der Waals surface area contributed by atoms with Crippen LogP contribution in [0.2, 0.25) is 0 Å². The number of anilines is 6. The van der Waals surface area contributed by atoms with Gasteiger partial charge in [-0.15, -0.1) is 0 Å². The highest BCUT2D eigenvalue weighted by atomic mass is 16.5. The van der Waals surface area contributed by atoms with Gasteiger partial charge < -0.3 is 14.5 Å². The molecule has 0 saturated heterocycles. The van der Waals surface area contributed by atoms with Gasteiger partial charge in [-0.05, 0) is 99.2 Å². The van der Waals surface area contributed by atoms with Gasteiger partial charge in [0, 0.05) is 50.5 Å². The number of rotatable bonds is 6. The molecule has 0 N–H and O–H groups in total. The van der Waals surface area contributed by atoms with E-state index in [1.807, 2.05) is 0 Å². The number of fused-ring (bicyclic) bond motifs is 6. The molecule has 0 unspecified atom stereocenters. The maximum Gasteiger partial charge on any atom is 0.137 e. The average molecular weight is 703 g/mol. The molecule has 0 atom stereocenters. The summed E-state index contributed by atoms with van der Waals surface area (Å²) in [4.78, 5) is 4.72. The number of hydrogen-bond acceptors (Lipinski definition) is 3. The first-order chi connectivity index (χ1) is 27.3. The molecule has 10 aromatic rings. The lowest BCUT2D eigenvalue weighted by Gasteiger charge is -2.31. The van der Waals surface area contributed by atoms with Crippen LogP contribution in [0.5, 0.6) is 11.5 Å². The first kappa shape index (κ1) is 31.2. The number of nitrogens with zero attached hydrogens (tertiary/aromatic N) is 2. The van der Waals surface area contributed by atoms with Crippen molar-refractivity contribution in [2.45, 2.75) is 0 Å². The molecule has 0 radical (unpaired) electrons. The summed E-state index contributed by atoms with van der Waals surface area (Å²) >= 11 is 0. The summed E-state index contributed by atoms with van der Waals surface area (Å²) in [6.45, 7) is 0. The zero-order chi connectivity index (χ0) is 36.3. The van der Waals surface area contributed by atoms with Crippen molar-refractivity contribution in [1.29, 1.82) is 0 Å². The van der Waals surface area contributed by atoms with E-state index >= 15 is 0 Å². The molecule has 0 fully saturated rings. The summed E-state index contributed by atoms with van der Waals surface area (Å²) in [7, 11) is 0. The van der Waals surface area contributed by atoms with Gasteiger partial charge in [0.1, 0.15) is 11.5 Å². The van der Waals surface area contributed by atoms with Gasteiger partial charge in [0.2, 0.25) is 0 Å². The smallest absolute Gasteiger partial charge is 0.137 e. The normalized spacial score (nSPS) is 11.8. The molecule has 0 spiro atoms. The predicted octanol–water partition coefficient (Wildman–Crippen LogP) is 15.0. The molecule has 1 aliphatic rings. The Kier molecular flexibility index (Phi) is 7.17. The van der Waals surface area contributed by atoms with Crippen LogP contribution in [-0.4, -0.2) is 0 Å². The molecule has 1 heterocycles. The van der Waals surface area contributed by atoms with Gasteiger partial charge in [-0.3, -0.25) is 0 Å². The van der Waals surface area contributed by atoms with Crippen LogP contribution in [0.4, 0.5) is 34.1 Å². The molecule has 0 bridgehead atoms. The van der Waals surface area contributed by atoms with Crippen LogP contribution in [0.1, 0.15) is 0 Å². The van der Waals surface area contributed by atoms with Crippen molar-refractivity contribution in [3.8, 4) is 22.6 Å². The molecular weight excluding hydrogens is 669 g/mol. The van der Waals surface area contributed by atoms with Crippen molar-refractivity contribution in [3.63, 3.8) is 0 Å². The zero-order valence-electron chi connectivity index (χ0n) is 29.9. The van der Waals surface area contributed by atoms with Gasteiger partial charge in [-0.25, -0.2) is 0 Å². The average Bonchev–Trinajstić information content (AvgIpc) is 3.25. The minimum Gasteiger partial charge on any atom is -0.456 e. The second-order valence-electron chi connectivity index (χ2n) is 14.1. The topological polar surface area (TPSA) is 15.7 Å². The van der Waals surface area contributed by atoms with Gasteiger partial charge in [-0.2, -0.15) is 0 Å².